The Morgan fingerprint density at radius 3 is 2.58 bits per heavy atom. The molecule has 0 N–H and O–H groups in total. The Balaban J connectivity index is 2.35. The van der Waals surface area contributed by atoms with Crippen LogP contribution in [0.5, 0.6) is 0 Å². The van der Waals surface area contributed by atoms with E-state index >= 15 is 0 Å². The summed E-state index contributed by atoms with van der Waals surface area (Å²) in [6.07, 6.45) is 2.07. The van der Waals surface area contributed by atoms with E-state index in [-0.39, 0.29) is 5.78 Å². The van der Waals surface area contributed by atoms with Crippen molar-refractivity contribution in [2.45, 2.75) is 26.7 Å². The van der Waals surface area contributed by atoms with E-state index in [1.807, 2.05) is 37.3 Å². The molecule has 0 bridgehead atoms. The molecule has 19 heavy (non-hydrogen) atoms. The fourth-order valence-corrected chi connectivity index (χ4v) is 2.48. The quantitative estimate of drug-likeness (QED) is 0.729. The fourth-order valence-electron chi connectivity index (χ4n) is 2.19. The minimum atomic E-state index is 0.0311. The molecule has 0 aliphatic rings. The highest BCUT2D eigenvalue weighted by Crippen LogP contribution is 2.18. The van der Waals surface area contributed by atoms with Gasteiger partial charge in [-0.1, -0.05) is 43.1 Å². The zero-order valence-corrected chi connectivity index (χ0v) is 12.0. The minimum absolute atomic E-state index is 0.0311. The second kappa shape index (κ2) is 6.03. The summed E-state index contributed by atoms with van der Waals surface area (Å²) < 4.78 is 0. The molecule has 0 aromatic heterocycles. The van der Waals surface area contributed by atoms with Crippen LogP contribution in [-0.2, 0) is 6.42 Å². The number of ketones is 1. The third-order valence-electron chi connectivity index (χ3n) is 3.03. The molecule has 0 saturated carbocycles. The number of benzene rings is 2. The van der Waals surface area contributed by atoms with Gasteiger partial charge in [0.25, 0.3) is 0 Å². The van der Waals surface area contributed by atoms with Crippen LogP contribution >= 0.6 is 11.6 Å². The fraction of sp³-hybridized carbons (Fsp3) is 0.235. The zero-order chi connectivity index (χ0) is 13.8. The molecule has 0 saturated heterocycles. The molecule has 0 aliphatic carbocycles. The summed E-state index contributed by atoms with van der Waals surface area (Å²) in [7, 11) is 0. The Bertz CT molecular complexity index is 582. The number of hydrogen-bond donors (Lipinski definition) is 0. The third kappa shape index (κ3) is 3.45. The molecule has 2 aromatic rings. The van der Waals surface area contributed by atoms with Gasteiger partial charge in [-0.05, 0) is 48.7 Å². The molecule has 0 unspecified atom stereocenters. The first-order valence-corrected chi connectivity index (χ1v) is 6.89. The summed E-state index contributed by atoms with van der Waals surface area (Å²) >= 11 is 6.01. The maximum Gasteiger partial charge on any atom is 0.193 e. The maximum absolute atomic E-state index is 12.4. The van der Waals surface area contributed by atoms with E-state index in [0.717, 1.165) is 24.0 Å². The van der Waals surface area contributed by atoms with Crippen LogP contribution in [0.15, 0.2) is 42.5 Å². The number of hydrogen-bond acceptors (Lipinski definition) is 1. The van der Waals surface area contributed by atoms with E-state index in [9.17, 15) is 4.79 Å². The van der Waals surface area contributed by atoms with E-state index in [1.165, 1.54) is 5.56 Å². The van der Waals surface area contributed by atoms with Gasteiger partial charge in [-0.15, -0.1) is 0 Å². The van der Waals surface area contributed by atoms with Crippen molar-refractivity contribution in [3.05, 3.63) is 69.7 Å². The van der Waals surface area contributed by atoms with Crippen molar-refractivity contribution in [1.82, 2.24) is 0 Å². The van der Waals surface area contributed by atoms with Crippen LogP contribution in [0.25, 0.3) is 0 Å². The van der Waals surface area contributed by atoms with E-state index in [2.05, 4.69) is 13.0 Å². The van der Waals surface area contributed by atoms with Crippen molar-refractivity contribution in [3.8, 4) is 0 Å². The number of aryl methyl sites for hydroxylation is 2. The van der Waals surface area contributed by atoms with Crippen LogP contribution in [0.3, 0.4) is 0 Å². The van der Waals surface area contributed by atoms with Crippen molar-refractivity contribution in [1.29, 1.82) is 0 Å². The highest BCUT2D eigenvalue weighted by atomic mass is 35.5. The lowest BCUT2D eigenvalue weighted by atomic mass is 9.99. The predicted molar refractivity (Wildman–Crippen MR) is 80.1 cm³/mol. The first-order valence-electron chi connectivity index (χ1n) is 6.51. The molecule has 1 nitrogen and oxygen atoms in total. The molecule has 0 fully saturated rings. The number of rotatable bonds is 4. The molecule has 0 spiro atoms. The number of carbonyl (C=O) groups excluding carboxylic acids is 1. The van der Waals surface area contributed by atoms with Crippen LogP contribution < -0.4 is 0 Å². The average molecular weight is 273 g/mol. The van der Waals surface area contributed by atoms with Crippen LogP contribution in [0.4, 0.5) is 0 Å². The second-order valence-electron chi connectivity index (χ2n) is 4.80. The molecular weight excluding hydrogens is 256 g/mol. The summed E-state index contributed by atoms with van der Waals surface area (Å²) in [5.41, 5.74) is 3.58. The van der Waals surface area contributed by atoms with Crippen LogP contribution in [-0.4, -0.2) is 5.78 Å². The predicted octanol–water partition coefficient (Wildman–Crippen LogP) is 4.83. The van der Waals surface area contributed by atoms with Crippen molar-refractivity contribution < 1.29 is 4.79 Å². The molecule has 2 rings (SSSR count). The van der Waals surface area contributed by atoms with Gasteiger partial charge in [0.2, 0.25) is 0 Å². The Morgan fingerprint density at radius 1 is 1.11 bits per heavy atom. The van der Waals surface area contributed by atoms with Gasteiger partial charge in [0.1, 0.15) is 0 Å². The smallest absolute Gasteiger partial charge is 0.193 e. The number of halogens is 1. The highest BCUT2D eigenvalue weighted by Gasteiger charge is 2.10. The Labute approximate surface area is 119 Å². The van der Waals surface area contributed by atoms with Crippen LogP contribution in [0.1, 0.15) is 40.4 Å². The molecule has 0 heterocycles. The van der Waals surface area contributed by atoms with Crippen molar-refractivity contribution in [2.75, 3.05) is 0 Å². The topological polar surface area (TPSA) is 17.1 Å². The summed E-state index contributed by atoms with van der Waals surface area (Å²) in [6, 6.07) is 13.3. The summed E-state index contributed by atoms with van der Waals surface area (Å²) in [5.74, 6) is 0.0311. The molecule has 2 aromatic carbocycles. The van der Waals surface area contributed by atoms with Gasteiger partial charge in [-0.25, -0.2) is 0 Å². The summed E-state index contributed by atoms with van der Waals surface area (Å²) in [5, 5.41) is 0.605. The van der Waals surface area contributed by atoms with Gasteiger partial charge in [0.05, 0.1) is 0 Å². The van der Waals surface area contributed by atoms with Crippen molar-refractivity contribution in [2.24, 2.45) is 0 Å². The highest BCUT2D eigenvalue weighted by molar-refractivity contribution is 6.31. The van der Waals surface area contributed by atoms with Gasteiger partial charge in [-0.3, -0.25) is 4.79 Å². The van der Waals surface area contributed by atoms with Crippen LogP contribution in [0.2, 0.25) is 5.02 Å². The molecule has 2 heteroatoms. The number of carbonyl (C=O) groups is 1. The normalized spacial score (nSPS) is 10.5. The lowest BCUT2D eigenvalue weighted by molar-refractivity contribution is 0.103. The first kappa shape index (κ1) is 13.8. The van der Waals surface area contributed by atoms with Crippen LogP contribution in [0, 0.1) is 6.92 Å². The van der Waals surface area contributed by atoms with Gasteiger partial charge in [0.15, 0.2) is 5.78 Å². The molecule has 0 aliphatic heterocycles. The van der Waals surface area contributed by atoms with Crippen molar-refractivity contribution in [3.63, 3.8) is 0 Å². The minimum Gasteiger partial charge on any atom is -0.289 e. The monoisotopic (exact) mass is 272 g/mol. The standard InChI is InChI=1S/C17H17ClO/c1-3-5-13-6-4-7-14(10-13)17(19)15-8-12(2)9-16(18)11-15/h4,6-11H,3,5H2,1-2H3. The molecule has 0 radical (unpaired) electrons. The first-order chi connectivity index (χ1) is 9.10. The lowest BCUT2D eigenvalue weighted by Crippen LogP contribution is -2.02. The summed E-state index contributed by atoms with van der Waals surface area (Å²) in [6.45, 7) is 4.07. The van der Waals surface area contributed by atoms with E-state index < -0.39 is 0 Å². The largest absolute Gasteiger partial charge is 0.289 e. The lowest BCUT2D eigenvalue weighted by Gasteiger charge is -2.06. The van der Waals surface area contributed by atoms with Gasteiger partial charge in [-0.2, -0.15) is 0 Å². The Hall–Kier alpha value is -1.60. The van der Waals surface area contributed by atoms with Gasteiger partial charge in [0, 0.05) is 16.1 Å². The Morgan fingerprint density at radius 2 is 1.89 bits per heavy atom. The van der Waals surface area contributed by atoms with Gasteiger partial charge < -0.3 is 0 Å². The maximum atomic E-state index is 12.4. The van der Waals surface area contributed by atoms with E-state index in [0.29, 0.717) is 10.6 Å². The Kier molecular flexibility index (Phi) is 4.39. The summed E-state index contributed by atoms with van der Waals surface area (Å²) in [4.78, 5) is 12.4. The average Bonchev–Trinajstić information content (AvgIpc) is 2.37. The molecule has 0 atom stereocenters. The molecule has 98 valence electrons. The second-order valence-corrected chi connectivity index (χ2v) is 5.23. The molecule has 0 amide bonds. The van der Waals surface area contributed by atoms with Crippen molar-refractivity contribution >= 4 is 17.4 Å². The SMILES string of the molecule is CCCc1cccc(C(=O)c2cc(C)cc(Cl)c2)c1. The third-order valence-corrected chi connectivity index (χ3v) is 3.25. The molecular formula is C17H17ClO. The van der Waals surface area contributed by atoms with E-state index in [4.69, 9.17) is 11.6 Å². The van der Waals surface area contributed by atoms with Gasteiger partial charge >= 0.3 is 0 Å². The zero-order valence-electron chi connectivity index (χ0n) is 11.2. The van der Waals surface area contributed by atoms with E-state index in [1.54, 1.807) is 6.07 Å².